The quantitative estimate of drug-likeness (QED) is 0.135. The molecule has 3 amide bonds. The van der Waals surface area contributed by atoms with E-state index in [4.69, 9.17) is 0 Å². The largest absolute Gasteiger partial charge is 0.394 e. The maximum atomic E-state index is 14.0. The van der Waals surface area contributed by atoms with E-state index in [-0.39, 0.29) is 41.7 Å². The van der Waals surface area contributed by atoms with Crippen LogP contribution in [0.2, 0.25) is 0 Å². The molecule has 4 atom stereocenters. The first-order valence-electron chi connectivity index (χ1n) is 17.7. The van der Waals surface area contributed by atoms with Crippen molar-refractivity contribution in [3.63, 3.8) is 0 Å². The molecule has 8 rings (SSSR count). The summed E-state index contributed by atoms with van der Waals surface area (Å²) in [6.45, 7) is 2.52. The second-order valence-corrected chi connectivity index (χ2v) is 16.8. The van der Waals surface area contributed by atoms with E-state index in [1.54, 1.807) is 27.4 Å². The predicted octanol–water partition coefficient (Wildman–Crippen LogP) is 5.11. The minimum Gasteiger partial charge on any atom is -0.394 e. The SMILES string of the molecule is Cc1ccc(S(=O)(=O)N2CC[C@@H]3[C@H](CO)Nc4ccc(-c5cccc(C#CCSc6cccc7c6CN(C6CCC(=O)NC6=O)C7=O)c5)cc4[C@@H]32)cc1. The summed E-state index contributed by atoms with van der Waals surface area (Å²) in [7, 11) is -3.78. The highest BCUT2D eigenvalue weighted by atomic mass is 32.2. The van der Waals surface area contributed by atoms with Crippen LogP contribution in [-0.2, 0) is 26.2 Å². The fourth-order valence-corrected chi connectivity index (χ4v) is 10.5. The Morgan fingerprint density at radius 2 is 1.74 bits per heavy atom. The number of aryl methyl sites for hydroxylation is 1. The van der Waals surface area contributed by atoms with Gasteiger partial charge in [0.2, 0.25) is 21.8 Å². The van der Waals surface area contributed by atoms with E-state index in [1.165, 1.54) is 11.8 Å². The molecule has 53 heavy (non-hydrogen) atoms. The standard InChI is InChI=1S/C41H38N4O6S2/c1-25-10-13-29(14-11-25)53(50,51)45-19-18-31-35(24-46)42-34-15-12-28(22-32(34)39(31)45)27-7-2-5-26(21-27)6-4-20-52-37-9-3-8-30-33(37)23-44(41(30)49)36-16-17-38(47)43-40(36)48/h2-3,5,7-15,21-22,31,35-36,39,42,46H,16-20,23-24H2,1H3,(H,43,47,48)/t31-,35+,36?,39-/m1/s1. The fraction of sp³-hybridized carbons (Fsp3) is 0.293. The van der Waals surface area contributed by atoms with E-state index in [2.05, 4.69) is 28.5 Å². The number of carbonyl (C=O) groups excluding carboxylic acids is 3. The van der Waals surface area contributed by atoms with E-state index in [0.29, 0.717) is 37.2 Å². The van der Waals surface area contributed by atoms with Crippen molar-refractivity contribution in [2.24, 2.45) is 5.92 Å². The van der Waals surface area contributed by atoms with E-state index in [0.717, 1.165) is 44.0 Å². The van der Waals surface area contributed by atoms with Crippen LogP contribution in [0.5, 0.6) is 0 Å². The Hall–Kier alpha value is -4.93. The molecule has 4 heterocycles. The number of aliphatic hydroxyl groups excluding tert-OH is 1. The number of nitrogens with zero attached hydrogens (tertiary/aromatic N) is 2. The lowest BCUT2D eigenvalue weighted by molar-refractivity contribution is -0.136. The Morgan fingerprint density at radius 1 is 0.943 bits per heavy atom. The Balaban J connectivity index is 1.00. The van der Waals surface area contributed by atoms with Crippen LogP contribution < -0.4 is 10.6 Å². The van der Waals surface area contributed by atoms with Gasteiger partial charge in [-0.15, -0.1) is 11.8 Å². The zero-order chi connectivity index (χ0) is 36.9. The van der Waals surface area contributed by atoms with Crippen molar-refractivity contribution in [2.45, 2.75) is 60.6 Å². The lowest BCUT2D eigenvalue weighted by atomic mass is 9.82. The monoisotopic (exact) mass is 746 g/mol. The summed E-state index contributed by atoms with van der Waals surface area (Å²) in [5, 5.41) is 16.1. The molecule has 4 aromatic carbocycles. The molecule has 270 valence electrons. The van der Waals surface area contributed by atoms with Gasteiger partial charge in [-0.3, -0.25) is 19.7 Å². The summed E-state index contributed by atoms with van der Waals surface area (Å²) in [5.74, 6) is 5.99. The van der Waals surface area contributed by atoms with Gasteiger partial charge in [-0.25, -0.2) is 8.42 Å². The molecule has 4 aliphatic heterocycles. The molecule has 10 nitrogen and oxygen atoms in total. The molecule has 0 saturated carbocycles. The van der Waals surface area contributed by atoms with Crippen molar-refractivity contribution < 1.29 is 27.9 Å². The Kier molecular flexibility index (Phi) is 9.37. The molecular weight excluding hydrogens is 709 g/mol. The lowest BCUT2D eigenvalue weighted by Crippen LogP contribution is -2.52. The van der Waals surface area contributed by atoms with E-state index >= 15 is 0 Å². The molecule has 0 radical (unpaired) electrons. The van der Waals surface area contributed by atoms with Crippen molar-refractivity contribution in [3.8, 4) is 23.0 Å². The van der Waals surface area contributed by atoms with Gasteiger partial charge in [0.15, 0.2) is 0 Å². The topological polar surface area (TPSA) is 136 Å². The van der Waals surface area contributed by atoms with Gasteiger partial charge in [0.05, 0.1) is 29.3 Å². The second kappa shape index (κ2) is 14.1. The van der Waals surface area contributed by atoms with Crippen LogP contribution in [0.15, 0.2) is 94.7 Å². The van der Waals surface area contributed by atoms with Gasteiger partial charge in [-0.2, -0.15) is 4.31 Å². The van der Waals surface area contributed by atoms with Gasteiger partial charge in [0, 0.05) is 47.1 Å². The first-order chi connectivity index (χ1) is 25.6. The molecule has 1 unspecified atom stereocenters. The zero-order valence-corrected chi connectivity index (χ0v) is 30.7. The van der Waals surface area contributed by atoms with Crippen molar-refractivity contribution in [2.75, 3.05) is 24.2 Å². The number of hydrogen-bond donors (Lipinski definition) is 3. The Bertz CT molecular complexity index is 2320. The van der Waals surface area contributed by atoms with Crippen molar-refractivity contribution in [1.82, 2.24) is 14.5 Å². The molecule has 2 fully saturated rings. The molecule has 0 aromatic heterocycles. The van der Waals surface area contributed by atoms with Crippen LogP contribution in [0.3, 0.4) is 0 Å². The lowest BCUT2D eigenvalue weighted by Gasteiger charge is -2.39. The zero-order valence-electron chi connectivity index (χ0n) is 29.0. The third-order valence-electron chi connectivity index (χ3n) is 10.7. The van der Waals surface area contributed by atoms with Crippen LogP contribution >= 0.6 is 11.8 Å². The number of thioether (sulfide) groups is 1. The number of hydrogen-bond acceptors (Lipinski definition) is 8. The number of imide groups is 1. The summed E-state index contributed by atoms with van der Waals surface area (Å²) >= 11 is 1.54. The van der Waals surface area contributed by atoms with Crippen molar-refractivity contribution in [1.29, 1.82) is 0 Å². The van der Waals surface area contributed by atoms with E-state index in [1.807, 2.05) is 67.6 Å². The predicted molar refractivity (Wildman–Crippen MR) is 202 cm³/mol. The number of piperidine rings is 1. The first-order valence-corrected chi connectivity index (χ1v) is 20.1. The number of aliphatic hydroxyl groups is 1. The number of amides is 3. The maximum absolute atomic E-state index is 14.0. The third kappa shape index (κ3) is 6.52. The van der Waals surface area contributed by atoms with Gasteiger partial charge >= 0.3 is 0 Å². The molecule has 0 bridgehead atoms. The van der Waals surface area contributed by atoms with E-state index < -0.39 is 28.0 Å². The van der Waals surface area contributed by atoms with Gasteiger partial charge < -0.3 is 15.3 Å². The average Bonchev–Trinajstić information content (AvgIpc) is 3.76. The van der Waals surface area contributed by atoms with Gasteiger partial charge in [-0.1, -0.05) is 53.8 Å². The number of carbonyl (C=O) groups is 3. The van der Waals surface area contributed by atoms with Crippen LogP contribution in [0.25, 0.3) is 11.1 Å². The highest BCUT2D eigenvalue weighted by Crippen LogP contribution is 2.49. The van der Waals surface area contributed by atoms with E-state index in [9.17, 15) is 27.9 Å². The van der Waals surface area contributed by atoms with Gasteiger partial charge in [-0.05, 0) is 90.6 Å². The number of anilines is 1. The number of nitrogens with one attached hydrogen (secondary N) is 2. The number of rotatable bonds is 7. The Labute approximate surface area is 313 Å². The highest BCUT2D eigenvalue weighted by Gasteiger charge is 2.48. The van der Waals surface area contributed by atoms with Crippen LogP contribution in [0.1, 0.15) is 57.9 Å². The number of fused-ring (bicyclic) bond motifs is 4. The third-order valence-corrected chi connectivity index (χ3v) is 13.6. The average molecular weight is 747 g/mol. The second-order valence-electron chi connectivity index (χ2n) is 13.9. The van der Waals surface area contributed by atoms with Gasteiger partial charge in [0.1, 0.15) is 6.04 Å². The van der Waals surface area contributed by atoms with Crippen LogP contribution in [0, 0.1) is 24.7 Å². The molecule has 2 saturated heterocycles. The molecule has 12 heteroatoms. The molecular formula is C41H38N4O6S2. The number of benzene rings is 4. The summed E-state index contributed by atoms with van der Waals surface area (Å²) in [5.41, 5.74) is 6.87. The van der Waals surface area contributed by atoms with Crippen molar-refractivity contribution >= 4 is 45.2 Å². The molecule has 4 aliphatic rings. The Morgan fingerprint density at radius 3 is 2.53 bits per heavy atom. The maximum Gasteiger partial charge on any atom is 0.255 e. The first kappa shape index (κ1) is 35.1. The fourth-order valence-electron chi connectivity index (χ4n) is 8.04. The number of sulfonamides is 1. The summed E-state index contributed by atoms with van der Waals surface area (Å²) in [4.78, 5) is 40.1. The minimum absolute atomic E-state index is 0.0813. The smallest absolute Gasteiger partial charge is 0.255 e. The summed E-state index contributed by atoms with van der Waals surface area (Å²) in [6, 6.07) is 25.2. The highest BCUT2D eigenvalue weighted by molar-refractivity contribution is 7.99. The molecule has 4 aromatic rings. The van der Waals surface area contributed by atoms with Gasteiger partial charge in [0.25, 0.3) is 5.91 Å². The molecule has 0 aliphatic carbocycles. The normalized spacial score (nSPS) is 22.3. The molecule has 0 spiro atoms. The van der Waals surface area contributed by atoms with Crippen molar-refractivity contribution in [3.05, 3.63) is 113 Å². The summed E-state index contributed by atoms with van der Waals surface area (Å²) < 4.78 is 29.6. The molecule has 3 N–H and O–H groups in total. The minimum atomic E-state index is -3.78. The van der Waals surface area contributed by atoms with Crippen LogP contribution in [-0.4, -0.2) is 71.4 Å². The summed E-state index contributed by atoms with van der Waals surface area (Å²) in [6.07, 6.45) is 1.17. The van der Waals surface area contributed by atoms with Crippen LogP contribution in [0.4, 0.5) is 5.69 Å².